The summed E-state index contributed by atoms with van der Waals surface area (Å²) >= 11 is 0. The van der Waals surface area contributed by atoms with E-state index in [0.29, 0.717) is 17.1 Å². The fourth-order valence-corrected chi connectivity index (χ4v) is 3.39. The summed E-state index contributed by atoms with van der Waals surface area (Å²) in [6, 6.07) is 35.7. The van der Waals surface area contributed by atoms with Crippen LogP contribution in [0.2, 0.25) is 0 Å². The van der Waals surface area contributed by atoms with Crippen LogP contribution < -0.4 is 5.56 Å². The highest BCUT2D eigenvalue weighted by Gasteiger charge is 2.16. The van der Waals surface area contributed by atoms with E-state index in [0.717, 1.165) is 16.9 Å². The summed E-state index contributed by atoms with van der Waals surface area (Å²) in [4.78, 5) is 13.2. The van der Waals surface area contributed by atoms with E-state index >= 15 is 0 Å². The molecule has 0 spiro atoms. The molecule has 34 heavy (non-hydrogen) atoms. The molecule has 0 aliphatic heterocycles. The molecule has 7 heteroatoms. The van der Waals surface area contributed by atoms with Crippen molar-refractivity contribution in [2.45, 2.75) is 0 Å². The van der Waals surface area contributed by atoms with Crippen LogP contribution in [0.5, 0.6) is 0 Å². The summed E-state index contributed by atoms with van der Waals surface area (Å²) in [7, 11) is 0. The molecule has 5 aromatic rings. The molecule has 0 amide bonds. The standard InChI is InChI=1S/C27H20N6O/c34-27-26(25(20-10-4-1-5-11-20)32-33(27)24-14-8-3-9-15-24)31-30-23-18-16-22(17-19-23)29-28-21-12-6-2-7-13-21/h1-19,32H. The predicted octanol–water partition coefficient (Wildman–Crippen LogP) is 7.66. The van der Waals surface area contributed by atoms with Crippen molar-refractivity contribution in [3.63, 3.8) is 0 Å². The minimum atomic E-state index is -0.276. The Bertz CT molecular complexity index is 1490. The van der Waals surface area contributed by atoms with Gasteiger partial charge in [0.05, 0.1) is 28.4 Å². The average Bonchev–Trinajstić information content (AvgIpc) is 3.24. The van der Waals surface area contributed by atoms with Gasteiger partial charge in [0.2, 0.25) is 0 Å². The van der Waals surface area contributed by atoms with Crippen molar-refractivity contribution in [3.05, 3.63) is 126 Å². The number of hydrogen-bond acceptors (Lipinski definition) is 5. The molecule has 0 aliphatic rings. The van der Waals surface area contributed by atoms with Gasteiger partial charge >= 0.3 is 0 Å². The van der Waals surface area contributed by atoms with Gasteiger partial charge in [-0.05, 0) is 48.5 Å². The highest BCUT2D eigenvalue weighted by atomic mass is 16.1. The third-order valence-electron chi connectivity index (χ3n) is 5.10. The third kappa shape index (κ3) is 4.63. The topological polar surface area (TPSA) is 87.2 Å². The van der Waals surface area contributed by atoms with Crippen molar-refractivity contribution in [1.29, 1.82) is 0 Å². The molecule has 1 heterocycles. The van der Waals surface area contributed by atoms with Gasteiger partial charge < -0.3 is 0 Å². The highest BCUT2D eigenvalue weighted by Crippen LogP contribution is 2.29. The van der Waals surface area contributed by atoms with Gasteiger partial charge in [0, 0.05) is 5.56 Å². The van der Waals surface area contributed by atoms with Crippen LogP contribution in [-0.2, 0) is 0 Å². The van der Waals surface area contributed by atoms with E-state index in [1.165, 1.54) is 4.68 Å². The van der Waals surface area contributed by atoms with Crippen LogP contribution >= 0.6 is 0 Å². The second-order valence-electron chi connectivity index (χ2n) is 7.43. The zero-order valence-corrected chi connectivity index (χ0v) is 18.1. The fourth-order valence-electron chi connectivity index (χ4n) is 3.39. The maximum Gasteiger partial charge on any atom is 0.299 e. The first-order valence-corrected chi connectivity index (χ1v) is 10.7. The lowest BCUT2D eigenvalue weighted by Gasteiger charge is -2.01. The monoisotopic (exact) mass is 444 g/mol. The first-order chi connectivity index (χ1) is 16.8. The molecule has 0 atom stereocenters. The van der Waals surface area contributed by atoms with Crippen molar-refractivity contribution in [2.24, 2.45) is 20.5 Å². The largest absolute Gasteiger partial charge is 0.299 e. The summed E-state index contributed by atoms with van der Waals surface area (Å²) < 4.78 is 1.48. The number of aromatic amines is 1. The minimum Gasteiger partial charge on any atom is -0.288 e. The quantitative estimate of drug-likeness (QED) is 0.268. The Morgan fingerprint density at radius 1 is 0.529 bits per heavy atom. The number of azo groups is 2. The van der Waals surface area contributed by atoms with Gasteiger partial charge in [-0.15, -0.1) is 5.11 Å². The normalized spacial score (nSPS) is 11.4. The molecule has 5 rings (SSSR count). The van der Waals surface area contributed by atoms with Crippen molar-refractivity contribution in [2.75, 3.05) is 0 Å². The first kappa shape index (κ1) is 21.0. The van der Waals surface area contributed by atoms with Gasteiger partial charge in [0.25, 0.3) is 5.56 Å². The van der Waals surface area contributed by atoms with Gasteiger partial charge in [-0.1, -0.05) is 66.7 Å². The lowest BCUT2D eigenvalue weighted by molar-refractivity contribution is 0.852. The Morgan fingerprint density at radius 3 is 1.59 bits per heavy atom. The Labute approximate surface area is 195 Å². The smallest absolute Gasteiger partial charge is 0.288 e. The molecular formula is C27H20N6O. The van der Waals surface area contributed by atoms with Crippen molar-refractivity contribution in [1.82, 2.24) is 9.78 Å². The first-order valence-electron chi connectivity index (χ1n) is 10.7. The second kappa shape index (κ2) is 9.70. The lowest BCUT2D eigenvalue weighted by atomic mass is 10.1. The van der Waals surface area contributed by atoms with E-state index < -0.39 is 0 Å². The molecule has 1 aromatic heterocycles. The fraction of sp³-hybridized carbons (Fsp3) is 0. The summed E-state index contributed by atoms with van der Waals surface area (Å²) in [6.45, 7) is 0. The van der Waals surface area contributed by atoms with Crippen LogP contribution in [-0.4, -0.2) is 9.78 Å². The maximum absolute atomic E-state index is 13.2. The van der Waals surface area contributed by atoms with E-state index in [2.05, 4.69) is 25.6 Å². The van der Waals surface area contributed by atoms with Crippen LogP contribution in [0.25, 0.3) is 16.9 Å². The molecule has 0 aliphatic carbocycles. The third-order valence-corrected chi connectivity index (χ3v) is 5.10. The van der Waals surface area contributed by atoms with Crippen LogP contribution in [0.4, 0.5) is 22.7 Å². The number of para-hydroxylation sites is 1. The second-order valence-corrected chi connectivity index (χ2v) is 7.43. The van der Waals surface area contributed by atoms with E-state index in [1.807, 2.05) is 91.0 Å². The Balaban J connectivity index is 1.45. The van der Waals surface area contributed by atoms with Gasteiger partial charge in [-0.2, -0.15) is 15.3 Å². The molecule has 0 unspecified atom stereocenters. The van der Waals surface area contributed by atoms with Crippen LogP contribution in [0.15, 0.2) is 141 Å². The maximum atomic E-state index is 13.2. The zero-order chi connectivity index (χ0) is 23.2. The highest BCUT2D eigenvalue weighted by molar-refractivity contribution is 5.71. The number of nitrogens with zero attached hydrogens (tertiary/aromatic N) is 5. The molecule has 164 valence electrons. The van der Waals surface area contributed by atoms with Crippen molar-refractivity contribution >= 4 is 22.7 Å². The number of hydrogen-bond donors (Lipinski definition) is 1. The van der Waals surface area contributed by atoms with Gasteiger partial charge in [0.15, 0.2) is 5.69 Å². The number of benzene rings is 4. The van der Waals surface area contributed by atoms with Crippen LogP contribution in [0, 0.1) is 0 Å². The molecule has 0 radical (unpaired) electrons. The van der Waals surface area contributed by atoms with Crippen molar-refractivity contribution < 1.29 is 0 Å². The van der Waals surface area contributed by atoms with Gasteiger partial charge in [-0.3, -0.25) is 9.89 Å². The van der Waals surface area contributed by atoms with Crippen molar-refractivity contribution in [3.8, 4) is 16.9 Å². The van der Waals surface area contributed by atoms with E-state index in [1.54, 1.807) is 24.3 Å². The summed E-state index contributed by atoms with van der Waals surface area (Å²) in [6.07, 6.45) is 0. The Kier molecular flexibility index (Phi) is 5.98. The van der Waals surface area contributed by atoms with Crippen LogP contribution in [0.1, 0.15) is 0 Å². The van der Waals surface area contributed by atoms with Gasteiger partial charge in [-0.25, -0.2) is 4.68 Å². The molecular weight excluding hydrogens is 424 g/mol. The summed E-state index contributed by atoms with van der Waals surface area (Å²) in [5.41, 5.74) is 4.21. The number of rotatable bonds is 6. The molecule has 0 saturated carbocycles. The lowest BCUT2D eigenvalue weighted by Crippen LogP contribution is -2.13. The SMILES string of the molecule is O=c1c(N=Nc2ccc(N=Nc3ccccc3)cc2)c(-c2ccccc2)[nH]n1-c1ccccc1. The molecule has 0 fully saturated rings. The molecule has 1 N–H and O–H groups in total. The van der Waals surface area contributed by atoms with E-state index in [-0.39, 0.29) is 11.2 Å². The van der Waals surface area contributed by atoms with Crippen LogP contribution in [0.3, 0.4) is 0 Å². The average molecular weight is 444 g/mol. The summed E-state index contributed by atoms with van der Waals surface area (Å²) in [5.74, 6) is 0. The molecule has 0 saturated heterocycles. The number of nitrogens with one attached hydrogen (secondary N) is 1. The predicted molar refractivity (Wildman–Crippen MR) is 133 cm³/mol. The minimum absolute atomic E-state index is 0.239. The number of H-pyrrole nitrogens is 1. The molecule has 7 nitrogen and oxygen atoms in total. The van der Waals surface area contributed by atoms with E-state index in [4.69, 9.17) is 0 Å². The van der Waals surface area contributed by atoms with Gasteiger partial charge in [0.1, 0.15) is 0 Å². The zero-order valence-electron chi connectivity index (χ0n) is 18.1. The number of aromatic nitrogens is 2. The molecule has 4 aromatic carbocycles. The summed E-state index contributed by atoms with van der Waals surface area (Å²) in [5, 5.41) is 20.3. The van der Waals surface area contributed by atoms with E-state index in [9.17, 15) is 4.79 Å². The Morgan fingerprint density at radius 2 is 1.00 bits per heavy atom. The Hall–Kier alpha value is -4.91. The molecule has 0 bridgehead atoms.